The number of nitrogens with two attached hydrogens (primary N) is 1. The SMILES string of the molecule is COC(=O)C(Cc1cc(N=C(N)CCl)ccc1Cl)NC(C)=O. The maximum Gasteiger partial charge on any atom is 0.328 e. The number of rotatable bonds is 6. The molecule has 0 spiro atoms. The van der Waals surface area contributed by atoms with Crippen LogP contribution in [0.5, 0.6) is 0 Å². The van der Waals surface area contributed by atoms with E-state index in [2.05, 4.69) is 15.0 Å². The van der Waals surface area contributed by atoms with Gasteiger partial charge in [-0.15, -0.1) is 11.6 Å². The Labute approximate surface area is 138 Å². The maximum atomic E-state index is 11.7. The Hall–Kier alpha value is -1.79. The summed E-state index contributed by atoms with van der Waals surface area (Å²) in [4.78, 5) is 27.0. The summed E-state index contributed by atoms with van der Waals surface area (Å²) in [5.41, 5.74) is 6.78. The van der Waals surface area contributed by atoms with Crippen LogP contribution in [0.15, 0.2) is 23.2 Å². The molecule has 1 aromatic rings. The van der Waals surface area contributed by atoms with Crippen LogP contribution in [0, 0.1) is 0 Å². The Morgan fingerprint density at radius 2 is 2.14 bits per heavy atom. The smallest absolute Gasteiger partial charge is 0.328 e. The number of alkyl halides is 1. The standard InChI is InChI=1S/C14H17Cl2N3O3/c1-8(20)18-12(14(21)22-2)6-9-5-10(3-4-11(9)16)19-13(17)7-15/h3-5,12H,6-7H2,1-2H3,(H2,17,19)(H,18,20). The highest BCUT2D eigenvalue weighted by molar-refractivity contribution is 6.31. The molecule has 0 bridgehead atoms. The van der Waals surface area contributed by atoms with Crippen LogP contribution in [0.1, 0.15) is 12.5 Å². The number of amides is 1. The fourth-order valence-corrected chi connectivity index (χ4v) is 2.04. The topological polar surface area (TPSA) is 93.8 Å². The van der Waals surface area contributed by atoms with E-state index in [4.69, 9.17) is 28.9 Å². The lowest BCUT2D eigenvalue weighted by Crippen LogP contribution is -2.42. The Bertz CT molecular complexity index is 591. The number of methoxy groups -OCH3 is 1. The van der Waals surface area contributed by atoms with Gasteiger partial charge in [-0.25, -0.2) is 9.79 Å². The number of nitrogens with one attached hydrogen (secondary N) is 1. The number of halogens is 2. The normalized spacial score (nSPS) is 12.6. The van der Waals surface area contributed by atoms with E-state index >= 15 is 0 Å². The summed E-state index contributed by atoms with van der Waals surface area (Å²) >= 11 is 11.7. The first-order valence-electron chi connectivity index (χ1n) is 6.39. The van der Waals surface area contributed by atoms with Crippen molar-refractivity contribution in [1.29, 1.82) is 0 Å². The molecule has 0 aromatic heterocycles. The van der Waals surface area contributed by atoms with Crippen LogP contribution in [0.2, 0.25) is 5.02 Å². The molecule has 1 atom stereocenters. The largest absolute Gasteiger partial charge is 0.467 e. The van der Waals surface area contributed by atoms with Crippen molar-refractivity contribution >= 4 is 46.6 Å². The number of amidine groups is 1. The predicted molar refractivity (Wildman–Crippen MR) is 86.8 cm³/mol. The van der Waals surface area contributed by atoms with Crippen LogP contribution in [0.25, 0.3) is 0 Å². The molecule has 3 N–H and O–H groups in total. The lowest BCUT2D eigenvalue weighted by molar-refractivity contribution is -0.144. The van der Waals surface area contributed by atoms with Gasteiger partial charge in [-0.1, -0.05) is 11.6 Å². The number of carbonyl (C=O) groups excluding carboxylic acids is 2. The van der Waals surface area contributed by atoms with E-state index in [1.807, 2.05) is 0 Å². The number of esters is 1. The lowest BCUT2D eigenvalue weighted by atomic mass is 10.0. The molecule has 1 unspecified atom stereocenters. The van der Waals surface area contributed by atoms with Crippen molar-refractivity contribution in [3.63, 3.8) is 0 Å². The molecule has 0 heterocycles. The van der Waals surface area contributed by atoms with Crippen LogP contribution in [-0.2, 0) is 20.7 Å². The van der Waals surface area contributed by atoms with E-state index < -0.39 is 12.0 Å². The second kappa shape index (κ2) is 8.60. The highest BCUT2D eigenvalue weighted by Gasteiger charge is 2.21. The van der Waals surface area contributed by atoms with E-state index in [1.165, 1.54) is 14.0 Å². The van der Waals surface area contributed by atoms with Crippen molar-refractivity contribution in [2.45, 2.75) is 19.4 Å². The van der Waals surface area contributed by atoms with Crippen molar-refractivity contribution in [2.24, 2.45) is 10.7 Å². The van der Waals surface area contributed by atoms with Gasteiger partial charge >= 0.3 is 5.97 Å². The van der Waals surface area contributed by atoms with Crippen LogP contribution in [0.3, 0.4) is 0 Å². The molecule has 22 heavy (non-hydrogen) atoms. The van der Waals surface area contributed by atoms with E-state index in [-0.39, 0.29) is 24.0 Å². The lowest BCUT2D eigenvalue weighted by Gasteiger charge is -2.16. The van der Waals surface area contributed by atoms with E-state index in [0.29, 0.717) is 16.3 Å². The molecule has 0 radical (unpaired) electrons. The molecular formula is C14H17Cl2N3O3. The van der Waals surface area contributed by atoms with Gasteiger partial charge < -0.3 is 15.8 Å². The maximum absolute atomic E-state index is 11.7. The highest BCUT2D eigenvalue weighted by Crippen LogP contribution is 2.24. The minimum atomic E-state index is -0.829. The molecular weight excluding hydrogens is 329 g/mol. The van der Waals surface area contributed by atoms with E-state index in [0.717, 1.165) is 0 Å². The van der Waals surface area contributed by atoms with Crippen molar-refractivity contribution in [2.75, 3.05) is 13.0 Å². The first-order chi connectivity index (χ1) is 10.4. The molecule has 0 aliphatic heterocycles. The summed E-state index contributed by atoms with van der Waals surface area (Å²) < 4.78 is 4.68. The Morgan fingerprint density at radius 1 is 1.45 bits per heavy atom. The van der Waals surface area contributed by atoms with Gasteiger partial charge in [0.05, 0.1) is 18.7 Å². The van der Waals surface area contributed by atoms with Crippen molar-refractivity contribution in [1.82, 2.24) is 5.32 Å². The molecule has 0 aliphatic carbocycles. The summed E-state index contributed by atoms with van der Waals surface area (Å²) in [5.74, 6) is -0.525. The van der Waals surface area contributed by atoms with Crippen molar-refractivity contribution < 1.29 is 14.3 Å². The quantitative estimate of drug-likeness (QED) is 0.355. The van der Waals surface area contributed by atoms with Gasteiger partial charge in [0.2, 0.25) is 5.91 Å². The zero-order chi connectivity index (χ0) is 16.7. The Morgan fingerprint density at radius 3 is 2.68 bits per heavy atom. The number of ether oxygens (including phenoxy) is 1. The van der Waals surface area contributed by atoms with Crippen molar-refractivity contribution in [3.8, 4) is 0 Å². The molecule has 8 heteroatoms. The Kier molecular flexibility index (Phi) is 7.14. The summed E-state index contributed by atoms with van der Waals surface area (Å²) in [7, 11) is 1.25. The zero-order valence-corrected chi connectivity index (χ0v) is 13.7. The average Bonchev–Trinajstić information content (AvgIpc) is 2.48. The molecule has 6 nitrogen and oxygen atoms in total. The molecule has 1 rings (SSSR count). The zero-order valence-electron chi connectivity index (χ0n) is 12.2. The summed E-state index contributed by atoms with van der Waals surface area (Å²) in [6.07, 6.45) is 0.176. The van der Waals surface area contributed by atoms with Gasteiger partial charge in [-0.2, -0.15) is 0 Å². The van der Waals surface area contributed by atoms with Crippen LogP contribution < -0.4 is 11.1 Å². The molecule has 0 saturated heterocycles. The third kappa shape index (κ3) is 5.54. The summed E-state index contributed by atoms with van der Waals surface area (Å²) in [5, 5.41) is 2.97. The molecule has 0 aliphatic rings. The summed E-state index contributed by atoms with van der Waals surface area (Å²) in [6, 6.07) is 4.17. The number of benzene rings is 1. The number of nitrogens with zero attached hydrogens (tertiary/aromatic N) is 1. The minimum absolute atomic E-state index is 0.106. The monoisotopic (exact) mass is 345 g/mol. The number of hydrogen-bond acceptors (Lipinski definition) is 4. The van der Waals surface area contributed by atoms with Gasteiger partial charge in [0.15, 0.2) is 0 Å². The van der Waals surface area contributed by atoms with Crippen LogP contribution in [-0.4, -0.2) is 36.7 Å². The fourth-order valence-electron chi connectivity index (χ4n) is 1.78. The van der Waals surface area contributed by atoms with Crippen LogP contribution >= 0.6 is 23.2 Å². The second-order valence-electron chi connectivity index (χ2n) is 4.49. The molecule has 1 aromatic carbocycles. The number of carbonyl (C=O) groups is 2. The number of hydrogen-bond donors (Lipinski definition) is 2. The molecule has 120 valence electrons. The molecule has 0 saturated carbocycles. The molecule has 1 amide bonds. The van der Waals surface area contributed by atoms with Gasteiger partial charge in [0.25, 0.3) is 0 Å². The van der Waals surface area contributed by atoms with Gasteiger partial charge in [0.1, 0.15) is 11.9 Å². The first kappa shape index (κ1) is 18.3. The van der Waals surface area contributed by atoms with Crippen molar-refractivity contribution in [3.05, 3.63) is 28.8 Å². The summed E-state index contributed by atoms with van der Waals surface area (Å²) in [6.45, 7) is 1.32. The first-order valence-corrected chi connectivity index (χ1v) is 7.31. The van der Waals surface area contributed by atoms with Gasteiger partial charge in [-0.05, 0) is 23.8 Å². The van der Waals surface area contributed by atoms with Gasteiger partial charge in [0, 0.05) is 18.4 Å². The third-order valence-corrected chi connectivity index (χ3v) is 3.37. The predicted octanol–water partition coefficient (Wildman–Crippen LogP) is 1.79. The highest BCUT2D eigenvalue weighted by atomic mass is 35.5. The molecule has 0 fully saturated rings. The number of aliphatic imine (C=N–C) groups is 1. The third-order valence-electron chi connectivity index (χ3n) is 2.73. The average molecular weight is 346 g/mol. The van der Waals surface area contributed by atoms with E-state index in [1.54, 1.807) is 18.2 Å². The minimum Gasteiger partial charge on any atom is -0.467 e. The second-order valence-corrected chi connectivity index (χ2v) is 5.17. The van der Waals surface area contributed by atoms with Crippen LogP contribution in [0.4, 0.5) is 5.69 Å². The van der Waals surface area contributed by atoms with Gasteiger partial charge in [-0.3, -0.25) is 4.79 Å². The Balaban J connectivity index is 3.05. The fraction of sp³-hybridized carbons (Fsp3) is 0.357. The van der Waals surface area contributed by atoms with E-state index in [9.17, 15) is 9.59 Å².